The molecule has 1 atom stereocenters. The molecule has 0 spiro atoms. The number of nitrogens with one attached hydrogen (secondary N) is 1. The smallest absolute Gasteiger partial charge is 0.255 e. The van der Waals surface area contributed by atoms with Gasteiger partial charge in [0.2, 0.25) is 0 Å². The molecule has 0 aliphatic heterocycles. The van der Waals surface area contributed by atoms with Gasteiger partial charge >= 0.3 is 0 Å². The summed E-state index contributed by atoms with van der Waals surface area (Å²) in [5.41, 5.74) is 8.13. The first-order valence-corrected chi connectivity index (χ1v) is 4.57. The summed E-state index contributed by atoms with van der Waals surface area (Å²) in [6.07, 6.45) is 0. The second-order valence-electron chi connectivity index (χ2n) is 2.87. The Hall–Kier alpha value is -1.30. The lowest BCUT2D eigenvalue weighted by Gasteiger charge is -2.14. The third-order valence-corrected chi connectivity index (χ3v) is 2.19. The highest BCUT2D eigenvalue weighted by atomic mass is 35.5. The van der Waals surface area contributed by atoms with Crippen LogP contribution in [0.3, 0.4) is 0 Å². The van der Waals surface area contributed by atoms with E-state index in [4.69, 9.17) is 27.9 Å². The molecule has 0 radical (unpaired) electrons. The normalized spacial score (nSPS) is 12.0. The lowest BCUT2D eigenvalue weighted by atomic mass is 10.1. The number of hydrogen-bond donors (Lipinski definition) is 3. The number of ether oxygens (including phenoxy) is 1. The van der Waals surface area contributed by atoms with Crippen LogP contribution in [0.4, 0.5) is 0 Å². The highest BCUT2D eigenvalue weighted by Crippen LogP contribution is 2.27. The molecule has 1 rings (SSSR count). The van der Waals surface area contributed by atoms with Gasteiger partial charge in [-0.3, -0.25) is 10.2 Å². The van der Waals surface area contributed by atoms with E-state index in [1.165, 1.54) is 7.11 Å². The van der Waals surface area contributed by atoms with Gasteiger partial charge in [0.1, 0.15) is 11.8 Å². The molecule has 5 N–H and O–H groups in total. The number of carbonyl (C=O) groups excluding carboxylic acids is 1. The van der Waals surface area contributed by atoms with Crippen LogP contribution < -0.4 is 21.7 Å². The quantitative estimate of drug-likeness (QED) is 0.396. The molecule has 6 heteroatoms. The molecule has 0 fully saturated rings. The number of benzene rings is 1. The SMILES string of the molecule is COc1ccc(Cl)cc1C(N)C(=O)NN. The Bertz CT molecular complexity index is 370. The predicted octanol–water partition coefficient (Wildman–Crippen LogP) is 0.338. The van der Waals surface area contributed by atoms with Crippen molar-refractivity contribution in [3.8, 4) is 5.75 Å². The molecule has 82 valence electrons. The molecule has 1 aromatic rings. The van der Waals surface area contributed by atoms with Crippen molar-refractivity contribution in [1.82, 2.24) is 5.43 Å². The fraction of sp³-hybridized carbons (Fsp3) is 0.222. The summed E-state index contributed by atoms with van der Waals surface area (Å²) in [5.74, 6) is 4.98. The van der Waals surface area contributed by atoms with Gasteiger partial charge in [-0.05, 0) is 18.2 Å². The van der Waals surface area contributed by atoms with Gasteiger partial charge in [0.05, 0.1) is 7.11 Å². The molecule has 0 bridgehead atoms. The van der Waals surface area contributed by atoms with E-state index in [1.807, 2.05) is 5.43 Å². The zero-order chi connectivity index (χ0) is 11.4. The number of nitrogens with two attached hydrogens (primary N) is 2. The molecule has 0 saturated carbocycles. The molecule has 1 amide bonds. The molecule has 15 heavy (non-hydrogen) atoms. The molecule has 0 aliphatic carbocycles. The Kier molecular flexibility index (Phi) is 3.90. The monoisotopic (exact) mass is 229 g/mol. The van der Waals surface area contributed by atoms with Crippen LogP contribution in [0.1, 0.15) is 11.6 Å². The number of amides is 1. The molecule has 0 heterocycles. The predicted molar refractivity (Wildman–Crippen MR) is 57.3 cm³/mol. The molecule has 0 aromatic heterocycles. The van der Waals surface area contributed by atoms with Crippen molar-refractivity contribution in [2.75, 3.05) is 7.11 Å². The van der Waals surface area contributed by atoms with E-state index in [0.29, 0.717) is 16.3 Å². The van der Waals surface area contributed by atoms with Crippen LogP contribution in [0.25, 0.3) is 0 Å². The van der Waals surface area contributed by atoms with E-state index in [2.05, 4.69) is 0 Å². The summed E-state index contributed by atoms with van der Waals surface area (Å²) in [6.45, 7) is 0. The zero-order valence-electron chi connectivity index (χ0n) is 8.16. The minimum atomic E-state index is -0.899. The Morgan fingerprint density at radius 2 is 2.27 bits per heavy atom. The average Bonchev–Trinajstić information content (AvgIpc) is 2.27. The van der Waals surface area contributed by atoms with E-state index in [0.717, 1.165) is 0 Å². The average molecular weight is 230 g/mol. The Morgan fingerprint density at radius 3 is 2.80 bits per heavy atom. The highest BCUT2D eigenvalue weighted by molar-refractivity contribution is 6.30. The maximum Gasteiger partial charge on any atom is 0.255 e. The van der Waals surface area contributed by atoms with E-state index >= 15 is 0 Å². The van der Waals surface area contributed by atoms with Crippen molar-refractivity contribution in [2.24, 2.45) is 11.6 Å². The maximum atomic E-state index is 11.2. The zero-order valence-corrected chi connectivity index (χ0v) is 8.91. The van der Waals surface area contributed by atoms with Gasteiger partial charge in [-0.2, -0.15) is 0 Å². The van der Waals surface area contributed by atoms with E-state index in [9.17, 15) is 4.79 Å². The first-order chi connectivity index (χ1) is 7.10. The number of carbonyl (C=O) groups is 1. The number of hydrogen-bond acceptors (Lipinski definition) is 4. The number of methoxy groups -OCH3 is 1. The second kappa shape index (κ2) is 4.97. The molecule has 0 saturated heterocycles. The van der Waals surface area contributed by atoms with Crippen LogP contribution in [-0.4, -0.2) is 13.0 Å². The Morgan fingerprint density at radius 1 is 1.60 bits per heavy atom. The topological polar surface area (TPSA) is 90.4 Å². The van der Waals surface area contributed by atoms with Gasteiger partial charge in [0, 0.05) is 10.6 Å². The number of rotatable bonds is 3. The van der Waals surface area contributed by atoms with Gasteiger partial charge in [-0.1, -0.05) is 11.6 Å². The van der Waals surface area contributed by atoms with Gasteiger partial charge in [0.15, 0.2) is 0 Å². The third-order valence-electron chi connectivity index (χ3n) is 1.95. The molecule has 0 aliphatic rings. The largest absolute Gasteiger partial charge is 0.496 e. The van der Waals surface area contributed by atoms with Crippen molar-refractivity contribution in [3.63, 3.8) is 0 Å². The molecule has 1 aromatic carbocycles. The van der Waals surface area contributed by atoms with Crippen LogP contribution >= 0.6 is 11.6 Å². The van der Waals surface area contributed by atoms with Crippen LogP contribution in [-0.2, 0) is 4.79 Å². The van der Waals surface area contributed by atoms with E-state index in [1.54, 1.807) is 18.2 Å². The molecule has 5 nitrogen and oxygen atoms in total. The van der Waals surface area contributed by atoms with E-state index < -0.39 is 11.9 Å². The molecule has 1 unspecified atom stereocenters. The van der Waals surface area contributed by atoms with Crippen molar-refractivity contribution in [3.05, 3.63) is 28.8 Å². The van der Waals surface area contributed by atoms with Gasteiger partial charge in [0.25, 0.3) is 5.91 Å². The fourth-order valence-corrected chi connectivity index (χ4v) is 1.36. The van der Waals surface area contributed by atoms with Crippen molar-refractivity contribution >= 4 is 17.5 Å². The summed E-state index contributed by atoms with van der Waals surface area (Å²) in [5, 5.41) is 0.478. The number of halogens is 1. The second-order valence-corrected chi connectivity index (χ2v) is 3.31. The summed E-state index contributed by atoms with van der Waals surface area (Å²) < 4.78 is 5.06. The lowest BCUT2D eigenvalue weighted by molar-refractivity contribution is -0.122. The minimum Gasteiger partial charge on any atom is -0.496 e. The van der Waals surface area contributed by atoms with Crippen molar-refractivity contribution in [2.45, 2.75) is 6.04 Å². The lowest BCUT2D eigenvalue weighted by Crippen LogP contribution is -2.38. The van der Waals surface area contributed by atoms with Gasteiger partial charge in [-0.25, -0.2) is 5.84 Å². The molecular weight excluding hydrogens is 218 g/mol. The maximum absolute atomic E-state index is 11.2. The summed E-state index contributed by atoms with van der Waals surface area (Å²) >= 11 is 5.79. The van der Waals surface area contributed by atoms with Crippen LogP contribution in [0.15, 0.2) is 18.2 Å². The van der Waals surface area contributed by atoms with Crippen LogP contribution in [0, 0.1) is 0 Å². The highest BCUT2D eigenvalue weighted by Gasteiger charge is 2.19. The van der Waals surface area contributed by atoms with Crippen LogP contribution in [0.2, 0.25) is 5.02 Å². The standard InChI is InChI=1S/C9H12ClN3O2/c1-15-7-3-2-5(10)4-6(7)8(11)9(14)13-12/h2-4,8H,11-12H2,1H3,(H,13,14). The van der Waals surface area contributed by atoms with Crippen molar-refractivity contribution in [1.29, 1.82) is 0 Å². The van der Waals surface area contributed by atoms with Gasteiger partial charge in [-0.15, -0.1) is 0 Å². The fourth-order valence-electron chi connectivity index (χ4n) is 1.18. The molecular formula is C9H12ClN3O2. The first-order valence-electron chi connectivity index (χ1n) is 4.19. The van der Waals surface area contributed by atoms with Gasteiger partial charge < -0.3 is 10.5 Å². The minimum absolute atomic E-state index is 0.478. The number of hydrazine groups is 1. The van der Waals surface area contributed by atoms with Crippen LogP contribution in [0.5, 0.6) is 5.75 Å². The third kappa shape index (κ3) is 2.59. The first kappa shape index (κ1) is 11.8. The van der Waals surface area contributed by atoms with E-state index in [-0.39, 0.29) is 0 Å². The Labute approximate surface area is 92.3 Å². The summed E-state index contributed by atoms with van der Waals surface area (Å²) in [7, 11) is 1.49. The Balaban J connectivity index is 3.10. The van der Waals surface area contributed by atoms with Crippen molar-refractivity contribution < 1.29 is 9.53 Å². The summed E-state index contributed by atoms with van der Waals surface area (Å²) in [6, 6.07) is 3.96. The summed E-state index contributed by atoms with van der Waals surface area (Å²) in [4.78, 5) is 11.2.